The topological polar surface area (TPSA) is 94.9 Å². The number of aromatic nitrogens is 2. The minimum Gasteiger partial charge on any atom is -0.486 e. The van der Waals surface area contributed by atoms with Gasteiger partial charge in [0.1, 0.15) is 13.2 Å². The number of urea groups is 1. The van der Waals surface area contributed by atoms with Crippen molar-refractivity contribution in [3.63, 3.8) is 0 Å². The predicted molar refractivity (Wildman–Crippen MR) is 101 cm³/mol. The third-order valence-electron chi connectivity index (χ3n) is 4.73. The Balaban J connectivity index is 1.44. The molecule has 0 bridgehead atoms. The van der Waals surface area contributed by atoms with Crippen molar-refractivity contribution in [3.05, 3.63) is 45.9 Å². The molecule has 28 heavy (non-hydrogen) atoms. The number of benzene rings is 1. The van der Waals surface area contributed by atoms with Gasteiger partial charge in [0, 0.05) is 50.0 Å². The van der Waals surface area contributed by atoms with Gasteiger partial charge in [-0.15, -0.1) is 0 Å². The molecule has 2 amide bonds. The first-order valence-electron chi connectivity index (χ1n) is 9.18. The first-order chi connectivity index (χ1) is 13.6. The van der Waals surface area contributed by atoms with Crippen LogP contribution in [0.25, 0.3) is 0 Å². The molecule has 2 aromatic rings. The molecule has 0 saturated heterocycles. The summed E-state index contributed by atoms with van der Waals surface area (Å²) in [7, 11) is 1.58. The van der Waals surface area contributed by atoms with E-state index in [1.165, 1.54) is 4.68 Å². The number of amides is 2. The Morgan fingerprint density at radius 3 is 2.89 bits per heavy atom. The van der Waals surface area contributed by atoms with E-state index in [-0.39, 0.29) is 11.6 Å². The summed E-state index contributed by atoms with van der Waals surface area (Å²) in [5.74, 6) is 1.29. The summed E-state index contributed by atoms with van der Waals surface area (Å²) in [4.78, 5) is 26.5. The largest absolute Gasteiger partial charge is 0.486 e. The molecule has 0 spiro atoms. The summed E-state index contributed by atoms with van der Waals surface area (Å²) in [5.41, 5.74) is 2.07. The number of anilines is 1. The summed E-state index contributed by atoms with van der Waals surface area (Å²) in [6.45, 7) is 2.72. The van der Waals surface area contributed by atoms with E-state index < -0.39 is 0 Å². The van der Waals surface area contributed by atoms with Crippen LogP contribution in [0.15, 0.2) is 29.1 Å². The van der Waals surface area contributed by atoms with E-state index in [0.717, 1.165) is 11.3 Å². The molecule has 4 rings (SSSR count). The lowest BCUT2D eigenvalue weighted by molar-refractivity contribution is 0.171. The fourth-order valence-electron chi connectivity index (χ4n) is 3.27. The van der Waals surface area contributed by atoms with Crippen LogP contribution in [0, 0.1) is 0 Å². The summed E-state index contributed by atoms with van der Waals surface area (Å²) in [5, 5.41) is 7.29. The Hall–Kier alpha value is -3.07. The molecule has 148 valence electrons. The molecule has 1 N–H and O–H groups in total. The zero-order chi connectivity index (χ0) is 19.5. The fourth-order valence-corrected chi connectivity index (χ4v) is 3.27. The van der Waals surface area contributed by atoms with Gasteiger partial charge in [0.2, 0.25) is 0 Å². The van der Waals surface area contributed by atoms with E-state index in [2.05, 4.69) is 10.4 Å². The number of hydrogen-bond donors (Lipinski definition) is 1. The minimum atomic E-state index is -0.231. The van der Waals surface area contributed by atoms with Crippen LogP contribution in [0.4, 0.5) is 10.5 Å². The smallest absolute Gasteiger partial charge is 0.322 e. The monoisotopic (exact) mass is 386 g/mol. The van der Waals surface area contributed by atoms with Crippen LogP contribution in [0.2, 0.25) is 0 Å². The van der Waals surface area contributed by atoms with Crippen molar-refractivity contribution in [2.75, 3.05) is 38.8 Å². The molecule has 0 fully saturated rings. The molecular weight excluding hydrogens is 364 g/mol. The van der Waals surface area contributed by atoms with Crippen LogP contribution in [0.1, 0.15) is 11.3 Å². The molecule has 0 atom stereocenters. The molecule has 0 unspecified atom stereocenters. The number of carbonyl (C=O) groups excluding carboxylic acids is 1. The molecule has 0 saturated carbocycles. The van der Waals surface area contributed by atoms with E-state index in [9.17, 15) is 9.59 Å². The van der Waals surface area contributed by atoms with Gasteiger partial charge in [-0.1, -0.05) is 0 Å². The number of methoxy groups -OCH3 is 1. The Bertz CT molecular complexity index is 942. The number of carbonyl (C=O) groups is 1. The minimum absolute atomic E-state index is 0.190. The second-order valence-corrected chi connectivity index (χ2v) is 6.63. The zero-order valence-corrected chi connectivity index (χ0v) is 15.6. The molecule has 2 aliphatic heterocycles. The quantitative estimate of drug-likeness (QED) is 0.850. The van der Waals surface area contributed by atoms with Crippen LogP contribution in [-0.2, 0) is 24.2 Å². The Morgan fingerprint density at radius 1 is 1.25 bits per heavy atom. The van der Waals surface area contributed by atoms with Crippen molar-refractivity contribution < 1.29 is 19.0 Å². The predicted octanol–water partition coefficient (Wildman–Crippen LogP) is 1.25. The molecule has 0 radical (unpaired) electrons. The fraction of sp³-hybridized carbons (Fsp3) is 0.421. The summed E-state index contributed by atoms with van der Waals surface area (Å²) < 4.78 is 17.5. The molecule has 1 aromatic heterocycles. The summed E-state index contributed by atoms with van der Waals surface area (Å²) in [6.07, 6.45) is 0.594. The van der Waals surface area contributed by atoms with Crippen molar-refractivity contribution in [1.29, 1.82) is 0 Å². The third-order valence-corrected chi connectivity index (χ3v) is 4.73. The van der Waals surface area contributed by atoms with Crippen molar-refractivity contribution in [1.82, 2.24) is 14.7 Å². The standard InChI is InChI=1S/C19H22N4O5/c1-26-7-6-23-18(24)10-13-12-22(5-4-15(13)21-23)19(25)20-14-2-3-16-17(11-14)28-9-8-27-16/h2-3,10-11H,4-9,12H2,1H3,(H,20,25). The second kappa shape index (κ2) is 7.89. The van der Waals surface area contributed by atoms with E-state index in [1.54, 1.807) is 36.3 Å². The number of hydrogen-bond acceptors (Lipinski definition) is 6. The van der Waals surface area contributed by atoms with Gasteiger partial charge in [0.05, 0.1) is 18.8 Å². The van der Waals surface area contributed by atoms with E-state index >= 15 is 0 Å². The van der Waals surface area contributed by atoms with Crippen LogP contribution in [0.3, 0.4) is 0 Å². The van der Waals surface area contributed by atoms with E-state index in [4.69, 9.17) is 14.2 Å². The highest BCUT2D eigenvalue weighted by Crippen LogP contribution is 2.32. The van der Waals surface area contributed by atoms with Crippen molar-refractivity contribution in [2.45, 2.75) is 19.5 Å². The average molecular weight is 386 g/mol. The molecule has 9 heteroatoms. The number of rotatable bonds is 4. The molecule has 0 aliphatic carbocycles. The third kappa shape index (κ3) is 3.79. The van der Waals surface area contributed by atoms with Crippen molar-refractivity contribution in [2.24, 2.45) is 0 Å². The highest BCUT2D eigenvalue weighted by Gasteiger charge is 2.23. The first kappa shape index (κ1) is 18.3. The lowest BCUT2D eigenvalue weighted by atomic mass is 10.1. The SMILES string of the molecule is COCCn1nc2c(cc1=O)CN(C(=O)Nc1ccc3c(c1)OCCO3)CC2. The average Bonchev–Trinajstić information content (AvgIpc) is 2.71. The first-order valence-corrected chi connectivity index (χ1v) is 9.18. The van der Waals surface area contributed by atoms with Crippen LogP contribution >= 0.6 is 0 Å². The van der Waals surface area contributed by atoms with Crippen LogP contribution in [0.5, 0.6) is 11.5 Å². The van der Waals surface area contributed by atoms with Gasteiger partial charge in [0.15, 0.2) is 11.5 Å². The molecular formula is C19H22N4O5. The normalized spacial score (nSPS) is 15.1. The molecule has 9 nitrogen and oxygen atoms in total. The van der Waals surface area contributed by atoms with E-state index in [1.807, 2.05) is 0 Å². The second-order valence-electron chi connectivity index (χ2n) is 6.63. The van der Waals surface area contributed by atoms with Crippen molar-refractivity contribution in [3.8, 4) is 11.5 Å². The van der Waals surface area contributed by atoms with E-state index in [0.29, 0.717) is 63.1 Å². The Kier molecular flexibility index (Phi) is 5.16. The number of ether oxygens (including phenoxy) is 3. The maximum atomic E-state index is 12.7. The van der Waals surface area contributed by atoms with Crippen molar-refractivity contribution >= 4 is 11.7 Å². The zero-order valence-electron chi connectivity index (χ0n) is 15.6. The highest BCUT2D eigenvalue weighted by atomic mass is 16.6. The van der Waals surface area contributed by atoms with Crippen LogP contribution in [-0.4, -0.2) is 54.2 Å². The number of nitrogens with one attached hydrogen (secondary N) is 1. The van der Waals surface area contributed by atoms with Gasteiger partial charge in [-0.05, 0) is 12.1 Å². The summed E-state index contributed by atoms with van der Waals surface area (Å²) >= 11 is 0. The maximum Gasteiger partial charge on any atom is 0.322 e. The van der Waals surface area contributed by atoms with Gasteiger partial charge >= 0.3 is 6.03 Å². The van der Waals surface area contributed by atoms with Gasteiger partial charge in [-0.2, -0.15) is 5.10 Å². The number of fused-ring (bicyclic) bond motifs is 2. The van der Waals surface area contributed by atoms with Gasteiger partial charge in [0.25, 0.3) is 5.56 Å². The molecule has 1 aromatic carbocycles. The Labute approximate surface area is 161 Å². The highest BCUT2D eigenvalue weighted by molar-refractivity contribution is 5.89. The summed E-state index contributed by atoms with van der Waals surface area (Å²) in [6, 6.07) is 6.63. The van der Waals surface area contributed by atoms with Gasteiger partial charge < -0.3 is 24.4 Å². The van der Waals surface area contributed by atoms with Crippen LogP contribution < -0.4 is 20.3 Å². The lowest BCUT2D eigenvalue weighted by Crippen LogP contribution is -2.40. The lowest BCUT2D eigenvalue weighted by Gasteiger charge is -2.28. The van der Waals surface area contributed by atoms with Gasteiger partial charge in [-0.25, -0.2) is 9.48 Å². The maximum absolute atomic E-state index is 12.7. The molecule has 3 heterocycles. The van der Waals surface area contributed by atoms with Gasteiger partial charge in [-0.3, -0.25) is 4.79 Å². The number of nitrogens with zero attached hydrogens (tertiary/aromatic N) is 3. The molecule has 2 aliphatic rings. The Morgan fingerprint density at radius 2 is 2.07 bits per heavy atom.